The average Bonchev–Trinajstić information content (AvgIpc) is 2.73. The Hall–Kier alpha value is -1.44. The molecule has 1 atom stereocenters. The molecular formula is C13H16N2O4S. The fourth-order valence-electron chi connectivity index (χ4n) is 2.40. The minimum absolute atomic E-state index is 0.0630. The number of hydrogen-bond donors (Lipinski definition) is 0. The van der Waals surface area contributed by atoms with Gasteiger partial charge in [0, 0.05) is 19.2 Å². The SMILES string of the molecule is CN(CC1COCCO1)C1=NS(=O)(=O)c2ccccc21. The zero-order valence-corrected chi connectivity index (χ0v) is 12.0. The molecule has 0 aromatic heterocycles. The molecule has 3 rings (SSSR count). The first-order valence-corrected chi connectivity index (χ1v) is 7.87. The van der Waals surface area contributed by atoms with Crippen LogP contribution in [0.25, 0.3) is 0 Å². The number of ether oxygens (including phenoxy) is 2. The minimum Gasteiger partial charge on any atom is -0.376 e. The molecule has 1 saturated heterocycles. The summed E-state index contributed by atoms with van der Waals surface area (Å²) in [6, 6.07) is 6.86. The minimum atomic E-state index is -3.57. The van der Waals surface area contributed by atoms with E-state index in [1.807, 2.05) is 18.0 Å². The van der Waals surface area contributed by atoms with Crippen molar-refractivity contribution in [1.82, 2.24) is 4.90 Å². The molecule has 0 saturated carbocycles. The quantitative estimate of drug-likeness (QED) is 0.794. The molecule has 1 aromatic carbocycles. The van der Waals surface area contributed by atoms with Crippen LogP contribution in [0.15, 0.2) is 33.6 Å². The van der Waals surface area contributed by atoms with E-state index in [-0.39, 0.29) is 11.0 Å². The van der Waals surface area contributed by atoms with Crippen molar-refractivity contribution in [2.75, 3.05) is 33.4 Å². The molecule has 0 amide bonds. The van der Waals surface area contributed by atoms with Crippen LogP contribution >= 0.6 is 0 Å². The summed E-state index contributed by atoms with van der Waals surface area (Å²) in [6.45, 7) is 2.24. The first kappa shape index (κ1) is 13.5. The molecule has 6 nitrogen and oxygen atoms in total. The van der Waals surface area contributed by atoms with Crippen LogP contribution in [-0.4, -0.2) is 58.7 Å². The Morgan fingerprint density at radius 2 is 2.15 bits per heavy atom. The molecule has 2 aliphatic rings. The zero-order chi connectivity index (χ0) is 14.2. The van der Waals surface area contributed by atoms with Gasteiger partial charge >= 0.3 is 0 Å². The second-order valence-electron chi connectivity index (χ2n) is 4.83. The molecule has 1 fully saturated rings. The molecule has 1 aromatic rings. The van der Waals surface area contributed by atoms with Crippen LogP contribution in [0.5, 0.6) is 0 Å². The third-order valence-electron chi connectivity index (χ3n) is 3.34. The maximum absolute atomic E-state index is 12.0. The van der Waals surface area contributed by atoms with Crippen molar-refractivity contribution in [1.29, 1.82) is 0 Å². The number of benzene rings is 1. The summed E-state index contributed by atoms with van der Waals surface area (Å²) in [5, 5.41) is 0. The van der Waals surface area contributed by atoms with E-state index in [2.05, 4.69) is 4.40 Å². The molecule has 1 unspecified atom stereocenters. The lowest BCUT2D eigenvalue weighted by atomic mass is 10.2. The van der Waals surface area contributed by atoms with Gasteiger partial charge in [-0.2, -0.15) is 8.42 Å². The van der Waals surface area contributed by atoms with Crippen LogP contribution in [0, 0.1) is 0 Å². The molecule has 0 spiro atoms. The monoisotopic (exact) mass is 296 g/mol. The van der Waals surface area contributed by atoms with Crippen LogP contribution in [-0.2, 0) is 19.5 Å². The Morgan fingerprint density at radius 1 is 1.35 bits per heavy atom. The largest absolute Gasteiger partial charge is 0.376 e. The predicted octanol–water partition coefficient (Wildman–Crippen LogP) is 0.483. The van der Waals surface area contributed by atoms with Gasteiger partial charge in [0.05, 0.1) is 25.9 Å². The standard InChI is InChI=1S/C13H16N2O4S/c1-15(8-10-9-18-6-7-19-10)13-11-4-2-3-5-12(11)20(16,17)14-13/h2-5,10H,6-9H2,1H3. The Morgan fingerprint density at radius 3 is 2.90 bits per heavy atom. The van der Waals surface area contributed by atoms with Crippen molar-refractivity contribution in [3.8, 4) is 0 Å². The van der Waals surface area contributed by atoms with Crippen molar-refractivity contribution in [3.63, 3.8) is 0 Å². The molecule has 108 valence electrons. The van der Waals surface area contributed by atoms with Crippen LogP contribution < -0.4 is 0 Å². The second-order valence-corrected chi connectivity index (χ2v) is 6.41. The highest BCUT2D eigenvalue weighted by atomic mass is 32.2. The summed E-state index contributed by atoms with van der Waals surface area (Å²) in [6.07, 6.45) is -0.0630. The first-order chi connectivity index (χ1) is 9.58. The lowest BCUT2D eigenvalue weighted by Crippen LogP contribution is -2.40. The highest BCUT2D eigenvalue weighted by Crippen LogP contribution is 2.27. The van der Waals surface area contributed by atoms with Crippen molar-refractivity contribution < 1.29 is 17.9 Å². The topological polar surface area (TPSA) is 68.2 Å². The summed E-state index contributed by atoms with van der Waals surface area (Å²) in [5.74, 6) is 0.467. The third-order valence-corrected chi connectivity index (χ3v) is 4.66. The van der Waals surface area contributed by atoms with Gasteiger partial charge in [-0.1, -0.05) is 12.1 Å². The number of hydrogen-bond acceptors (Lipinski definition) is 5. The van der Waals surface area contributed by atoms with Gasteiger partial charge in [-0.15, -0.1) is 4.40 Å². The van der Waals surface area contributed by atoms with E-state index < -0.39 is 10.0 Å². The van der Waals surface area contributed by atoms with Gasteiger partial charge in [-0.05, 0) is 12.1 Å². The molecule has 0 aliphatic carbocycles. The maximum atomic E-state index is 12.0. The molecule has 0 radical (unpaired) electrons. The Bertz CT molecular complexity index is 636. The summed E-state index contributed by atoms with van der Waals surface area (Å²) < 4.78 is 38.8. The molecule has 7 heteroatoms. The fraction of sp³-hybridized carbons (Fsp3) is 0.462. The molecule has 2 aliphatic heterocycles. The normalized spacial score (nSPS) is 24.1. The van der Waals surface area contributed by atoms with Gasteiger partial charge in [0.15, 0.2) is 5.84 Å². The van der Waals surface area contributed by atoms with Gasteiger partial charge < -0.3 is 14.4 Å². The van der Waals surface area contributed by atoms with Gasteiger partial charge in [0.1, 0.15) is 4.90 Å². The van der Waals surface area contributed by atoms with Crippen LogP contribution in [0.2, 0.25) is 0 Å². The number of nitrogens with zero attached hydrogens (tertiary/aromatic N) is 2. The Balaban J connectivity index is 1.83. The summed E-state index contributed by atoms with van der Waals surface area (Å²) >= 11 is 0. The average molecular weight is 296 g/mol. The number of rotatable bonds is 2. The van der Waals surface area contributed by atoms with Gasteiger partial charge in [-0.25, -0.2) is 0 Å². The Kier molecular flexibility index (Phi) is 3.49. The molecule has 20 heavy (non-hydrogen) atoms. The molecular weight excluding hydrogens is 280 g/mol. The fourth-order valence-corrected chi connectivity index (χ4v) is 3.65. The first-order valence-electron chi connectivity index (χ1n) is 6.43. The molecule has 0 N–H and O–H groups in total. The van der Waals surface area contributed by atoms with E-state index in [1.165, 1.54) is 0 Å². The van der Waals surface area contributed by atoms with E-state index in [1.54, 1.807) is 18.2 Å². The summed E-state index contributed by atoms with van der Waals surface area (Å²) in [4.78, 5) is 2.07. The second kappa shape index (κ2) is 5.16. The maximum Gasteiger partial charge on any atom is 0.285 e. The van der Waals surface area contributed by atoms with Crippen LogP contribution in [0.3, 0.4) is 0 Å². The van der Waals surface area contributed by atoms with E-state index >= 15 is 0 Å². The highest BCUT2D eigenvalue weighted by molar-refractivity contribution is 7.90. The summed E-state index contributed by atoms with van der Waals surface area (Å²) in [5.41, 5.74) is 0.645. The number of likely N-dealkylation sites (N-methyl/N-ethyl adjacent to an activating group) is 1. The number of sulfonamides is 1. The highest BCUT2D eigenvalue weighted by Gasteiger charge is 2.31. The van der Waals surface area contributed by atoms with Gasteiger partial charge in [0.2, 0.25) is 0 Å². The lowest BCUT2D eigenvalue weighted by molar-refractivity contribution is -0.0916. The van der Waals surface area contributed by atoms with E-state index in [4.69, 9.17) is 9.47 Å². The Labute approximate surface area is 118 Å². The number of fused-ring (bicyclic) bond motifs is 1. The van der Waals surface area contributed by atoms with Crippen LogP contribution in [0.4, 0.5) is 0 Å². The van der Waals surface area contributed by atoms with Crippen molar-refractivity contribution in [2.24, 2.45) is 4.40 Å². The third kappa shape index (κ3) is 2.44. The zero-order valence-electron chi connectivity index (χ0n) is 11.2. The van der Waals surface area contributed by atoms with E-state index in [9.17, 15) is 8.42 Å². The van der Waals surface area contributed by atoms with Crippen LogP contribution in [0.1, 0.15) is 5.56 Å². The van der Waals surface area contributed by atoms with Crippen molar-refractivity contribution in [2.45, 2.75) is 11.0 Å². The van der Waals surface area contributed by atoms with E-state index in [0.29, 0.717) is 37.8 Å². The summed E-state index contributed by atoms with van der Waals surface area (Å²) in [7, 11) is -1.75. The van der Waals surface area contributed by atoms with Crippen molar-refractivity contribution in [3.05, 3.63) is 29.8 Å². The van der Waals surface area contributed by atoms with Crippen molar-refractivity contribution >= 4 is 15.9 Å². The smallest absolute Gasteiger partial charge is 0.285 e. The van der Waals surface area contributed by atoms with E-state index in [0.717, 1.165) is 0 Å². The number of amidine groups is 1. The molecule has 2 heterocycles. The predicted molar refractivity (Wildman–Crippen MR) is 73.4 cm³/mol. The lowest BCUT2D eigenvalue weighted by Gasteiger charge is -2.28. The van der Waals surface area contributed by atoms with Gasteiger partial charge in [-0.3, -0.25) is 0 Å². The molecule has 0 bridgehead atoms. The van der Waals surface area contributed by atoms with Gasteiger partial charge in [0.25, 0.3) is 10.0 Å².